The number of ether oxygens (including phenoxy) is 6. The van der Waals surface area contributed by atoms with Crippen LogP contribution in [0, 0.1) is 9.81 Å². The van der Waals surface area contributed by atoms with Crippen molar-refractivity contribution >= 4 is 128 Å². The van der Waals surface area contributed by atoms with Gasteiger partial charge >= 0.3 is 6.03 Å². The van der Waals surface area contributed by atoms with Crippen molar-refractivity contribution in [2.24, 2.45) is 16.1 Å². The van der Waals surface area contributed by atoms with Gasteiger partial charge in [-0.1, -0.05) is 126 Å². The minimum Gasteiger partial charge on any atom is -0.379 e. The maximum Gasteiger partial charge on any atom is 0.319 e. The number of Topliss-reactive ketones (excluding diaryl/α,β-unsaturated/α-hetero) is 1. The average molecular weight is 1820 g/mol. The molecule has 644 valence electrons. The highest BCUT2D eigenvalue weighted by atomic mass is 35.5. The van der Waals surface area contributed by atoms with Crippen LogP contribution in [0.15, 0.2) is 183 Å². The van der Waals surface area contributed by atoms with Crippen LogP contribution < -0.4 is 25.8 Å². The van der Waals surface area contributed by atoms with Crippen molar-refractivity contribution in [3.63, 3.8) is 0 Å². The molecule has 26 nitrogen and oxygen atoms in total. The number of amides is 2. The summed E-state index contributed by atoms with van der Waals surface area (Å²) in [6.45, 7) is 8.94. The van der Waals surface area contributed by atoms with Crippen LogP contribution in [0.25, 0.3) is 0 Å². The Labute approximate surface area is 727 Å². The predicted molar refractivity (Wildman–Crippen MR) is 470 cm³/mol. The number of rotatable bonds is 41. The molecule has 8 aromatic rings. The fraction of sp³-hybridized carbons (Fsp3) is 0.405. The number of sulfonamides is 2. The Balaban J connectivity index is 0.000000335. The van der Waals surface area contributed by atoms with Crippen LogP contribution in [-0.4, -0.2) is 204 Å². The molecule has 3 heterocycles. The molecule has 0 radical (unpaired) electrons. The molecule has 3 aliphatic rings. The number of fused-ring (bicyclic) bond motifs is 3. The SMILES string of the molecule is C.CN1Cc2c(Cl)cc(Cl)cc2C(c2cccc(S(=O)(=O)CCCOCCOCCNC(=O)Nc3ccc(CC(=O)CCCOCCOCCNS(=O)(=O)c4cccc(C5CN(C)Cc6c(Cl)cc(Cl)cc65)c4)cc3)c2)C1.CN1Cc2c(Cl)cc(Cl)cc2C(c2cccc(S(=O)(=O)NCCOCCOCCN)c2)C1.O=Nc1ccc(N=O)cc1. The summed E-state index contributed by atoms with van der Waals surface area (Å²) >= 11 is 38.5. The van der Waals surface area contributed by atoms with Crippen LogP contribution in [0.3, 0.4) is 0 Å². The second-order valence-electron chi connectivity index (χ2n) is 28.4. The average Bonchev–Trinajstić information content (AvgIpc) is 0.781. The molecule has 3 aliphatic heterocycles. The molecule has 6 N–H and O–H groups in total. The number of halogens is 6. The van der Waals surface area contributed by atoms with E-state index in [0.717, 1.165) is 68.7 Å². The summed E-state index contributed by atoms with van der Waals surface area (Å²) < 4.78 is 117. The summed E-state index contributed by atoms with van der Waals surface area (Å²) in [4.78, 5) is 51.9. The van der Waals surface area contributed by atoms with Crippen molar-refractivity contribution in [3.8, 4) is 0 Å². The van der Waals surface area contributed by atoms with E-state index < -0.39 is 35.9 Å². The largest absolute Gasteiger partial charge is 0.379 e. The van der Waals surface area contributed by atoms with Gasteiger partial charge in [0.25, 0.3) is 0 Å². The van der Waals surface area contributed by atoms with Gasteiger partial charge in [-0.05, 0) is 209 Å². The smallest absolute Gasteiger partial charge is 0.319 e. The number of hydrogen-bond acceptors (Lipinski definition) is 22. The molecule has 0 aromatic heterocycles. The van der Waals surface area contributed by atoms with Crippen LogP contribution in [0.5, 0.6) is 0 Å². The molecule has 11 rings (SSSR count). The Bertz CT molecular complexity index is 4810. The Kier molecular flexibility index (Phi) is 39.9. The molecule has 0 aliphatic carbocycles. The number of anilines is 1. The molecular weight excluding hydrogens is 1710 g/mol. The minimum absolute atomic E-state index is 0. The fourth-order valence-electron chi connectivity index (χ4n) is 13.7. The molecule has 119 heavy (non-hydrogen) atoms. The maximum atomic E-state index is 13.3. The van der Waals surface area contributed by atoms with Crippen molar-refractivity contribution in [2.45, 2.75) is 85.2 Å². The van der Waals surface area contributed by atoms with Gasteiger partial charge in [0, 0.05) is 145 Å². The van der Waals surface area contributed by atoms with E-state index in [4.69, 9.17) is 104 Å². The van der Waals surface area contributed by atoms with Crippen molar-refractivity contribution in [3.05, 3.63) is 253 Å². The molecule has 0 saturated carbocycles. The lowest BCUT2D eigenvalue weighted by Gasteiger charge is -2.33. The zero-order chi connectivity index (χ0) is 84.8. The van der Waals surface area contributed by atoms with E-state index in [0.29, 0.717) is 132 Å². The quantitative estimate of drug-likeness (QED) is 0.0175. The second-order valence-corrected chi connectivity index (χ2v) is 36.5. The Morgan fingerprint density at radius 1 is 0.454 bits per heavy atom. The van der Waals surface area contributed by atoms with Gasteiger partial charge in [-0.3, -0.25) is 4.79 Å². The molecular formula is C84H102Cl6N10O16S3. The molecule has 35 heteroatoms. The highest BCUT2D eigenvalue weighted by Crippen LogP contribution is 2.42. The second kappa shape index (κ2) is 48.7. The number of carbonyl (C=O) groups excluding carboxylic acids is 2. The van der Waals surface area contributed by atoms with Gasteiger partial charge in [-0.15, -0.1) is 9.81 Å². The summed E-state index contributed by atoms with van der Waals surface area (Å²) in [6, 6.07) is 44.4. The molecule has 8 aromatic carbocycles. The van der Waals surface area contributed by atoms with E-state index in [2.05, 4.69) is 45.1 Å². The maximum absolute atomic E-state index is 13.3. The van der Waals surface area contributed by atoms with Crippen LogP contribution in [0.1, 0.15) is 100 Å². The highest BCUT2D eigenvalue weighted by molar-refractivity contribution is 7.91. The molecule has 3 atom stereocenters. The highest BCUT2D eigenvalue weighted by Gasteiger charge is 2.32. The summed E-state index contributed by atoms with van der Waals surface area (Å²) in [5.74, 6) is -0.199. The van der Waals surface area contributed by atoms with E-state index in [-0.39, 0.29) is 124 Å². The number of nitrogens with zero attached hydrogens (tertiary/aromatic N) is 5. The summed E-state index contributed by atoms with van der Waals surface area (Å²) in [7, 11) is -4.99. The Morgan fingerprint density at radius 3 is 1.23 bits per heavy atom. The first-order valence-corrected chi connectivity index (χ1v) is 45.1. The number of likely N-dealkylation sites (N-methyl/N-ethyl adjacent to an activating group) is 3. The third kappa shape index (κ3) is 30.5. The first-order chi connectivity index (χ1) is 56.6. The van der Waals surface area contributed by atoms with Gasteiger partial charge in [0.15, 0.2) is 9.84 Å². The number of ketones is 1. The minimum atomic E-state index is -3.79. The standard InChI is InChI=1S/C55H65Cl4N5O10S2.C22H29Cl2N3O4S.C6H4N2O2.CH4/c1-63-34-49(47-30-41(56)32-53(58)51(47)36-63)39-7-3-10-45(28-39)75(67,68)26-6-19-72-23-24-73-20-16-60-55(66)62-43-14-12-38(13-15-43)27-44(65)9-5-18-71-22-25-74-21-17-61-76(69,70)46-11-4-8-40(29-46)50-35-64(2)37-52-48(50)31-42(57)33-54(52)59;1-27-14-20(19-12-17(23)13-22(24)21(19)15-27)16-3-2-4-18(11-16)32(28,29)26-6-8-31-10-9-30-7-5-25;9-7-5-1-2-6(8-10)4-3-5;/h3-4,7-8,10-15,28-33,49-50,61H,5-6,9,16-27,34-37H2,1-2H3,(H2,60,62,66);2-4,11-13,20,26H,5-10,14-15,25H2,1H3;1-4H;1H4. The number of hydrogen-bond donors (Lipinski definition) is 5. The van der Waals surface area contributed by atoms with Gasteiger partial charge in [0.1, 0.15) is 17.2 Å². The number of nitroso groups, excluding NO2 is 2. The fourth-order valence-corrected chi connectivity index (χ4v) is 18.9. The van der Waals surface area contributed by atoms with Crippen molar-refractivity contribution in [2.75, 3.05) is 157 Å². The summed E-state index contributed by atoms with van der Waals surface area (Å²) in [6.07, 6.45) is 1.46. The lowest BCUT2D eigenvalue weighted by molar-refractivity contribution is -0.118. The summed E-state index contributed by atoms with van der Waals surface area (Å²) in [5, 5.41) is 14.3. The first-order valence-electron chi connectivity index (χ1n) is 38.2. The molecule has 0 fully saturated rings. The summed E-state index contributed by atoms with van der Waals surface area (Å²) in [5.41, 5.74) is 16.0. The van der Waals surface area contributed by atoms with Crippen molar-refractivity contribution < 1.29 is 63.3 Å². The van der Waals surface area contributed by atoms with E-state index in [1.807, 2.05) is 57.5 Å². The van der Waals surface area contributed by atoms with Crippen molar-refractivity contribution in [1.29, 1.82) is 0 Å². The van der Waals surface area contributed by atoms with E-state index in [1.165, 1.54) is 24.3 Å². The van der Waals surface area contributed by atoms with Gasteiger partial charge < -0.3 is 59.5 Å². The molecule has 3 unspecified atom stereocenters. The molecule has 0 saturated heterocycles. The van der Waals surface area contributed by atoms with Gasteiger partial charge in [0.05, 0.1) is 86.5 Å². The predicted octanol–water partition coefficient (Wildman–Crippen LogP) is 15.3. The Hall–Kier alpha value is -6.99. The molecule has 0 bridgehead atoms. The third-order valence-corrected chi connectivity index (χ3v) is 25.7. The normalized spacial score (nSPS) is 15.5. The number of carbonyl (C=O) groups is 2. The number of nitrogens with two attached hydrogens (primary N) is 1. The van der Waals surface area contributed by atoms with E-state index in [1.54, 1.807) is 97.1 Å². The number of urea groups is 1. The zero-order valence-corrected chi connectivity index (χ0v) is 72.7. The lowest BCUT2D eigenvalue weighted by atomic mass is 9.85. The number of nitrogens with one attached hydrogen (secondary N) is 4. The number of benzene rings is 8. The Morgan fingerprint density at radius 2 is 0.824 bits per heavy atom. The van der Waals surface area contributed by atoms with E-state index in [9.17, 15) is 44.7 Å². The van der Waals surface area contributed by atoms with Crippen molar-refractivity contribution in [1.82, 2.24) is 29.5 Å². The van der Waals surface area contributed by atoms with Gasteiger partial charge in [-0.2, -0.15) is 0 Å². The molecule has 2 amide bonds. The third-order valence-electron chi connectivity index (χ3n) is 19.3. The topological polar surface area (TPSA) is 335 Å². The van der Waals surface area contributed by atoms with Gasteiger partial charge in [-0.25, -0.2) is 39.5 Å². The number of sulfone groups is 1. The van der Waals surface area contributed by atoms with Crippen LogP contribution in [0.2, 0.25) is 30.1 Å². The zero-order valence-electron chi connectivity index (χ0n) is 65.7. The monoisotopic (exact) mass is 1810 g/mol. The van der Waals surface area contributed by atoms with Crippen LogP contribution in [-0.2, 0) is 89.2 Å². The van der Waals surface area contributed by atoms with E-state index >= 15 is 0 Å². The first kappa shape index (κ1) is 97.5. The van der Waals surface area contributed by atoms with Crippen LogP contribution in [0.4, 0.5) is 21.9 Å². The lowest BCUT2D eigenvalue weighted by Crippen LogP contribution is -2.31. The van der Waals surface area contributed by atoms with Gasteiger partial charge in [0.2, 0.25) is 20.0 Å². The molecule has 0 spiro atoms. The van der Waals surface area contributed by atoms with Crippen LogP contribution >= 0.6 is 69.6 Å².